The quantitative estimate of drug-likeness (QED) is 0.850. The van der Waals surface area contributed by atoms with Crippen LogP contribution >= 0.6 is 0 Å². The summed E-state index contributed by atoms with van der Waals surface area (Å²) >= 11 is 0. The van der Waals surface area contributed by atoms with Crippen molar-refractivity contribution in [3.8, 4) is 5.75 Å². The van der Waals surface area contributed by atoms with E-state index in [1.807, 2.05) is 0 Å². The van der Waals surface area contributed by atoms with Crippen LogP contribution in [0.1, 0.15) is 10.4 Å². The van der Waals surface area contributed by atoms with Crippen LogP contribution in [0.25, 0.3) is 0 Å². The second-order valence-electron chi connectivity index (χ2n) is 4.07. The molecule has 0 aliphatic carbocycles. The predicted octanol–water partition coefficient (Wildman–Crippen LogP) is 0.878. The summed E-state index contributed by atoms with van der Waals surface area (Å²) in [6.07, 6.45) is 0. The number of carbonyl (C=O) groups is 1. The molecule has 1 N–H and O–H groups in total. The van der Waals surface area contributed by atoms with E-state index in [0.29, 0.717) is 5.75 Å². The van der Waals surface area contributed by atoms with Gasteiger partial charge in [-0.3, -0.25) is 4.79 Å². The second-order valence-corrected chi connectivity index (χ2v) is 4.07. The highest BCUT2D eigenvalue weighted by molar-refractivity contribution is 5.94. The molecule has 0 saturated carbocycles. The van der Waals surface area contributed by atoms with Crippen LogP contribution < -0.4 is 10.1 Å². The number of ether oxygens (including phenoxy) is 1. The average molecular weight is 238 g/mol. The van der Waals surface area contributed by atoms with E-state index in [4.69, 9.17) is 4.74 Å². The predicted molar refractivity (Wildman–Crippen MR) is 61.7 cm³/mol. The van der Waals surface area contributed by atoms with Crippen LogP contribution in [0.5, 0.6) is 5.75 Å². The Balaban J connectivity index is 2.18. The lowest BCUT2D eigenvalue weighted by atomic mass is 10.1. The third-order valence-corrected chi connectivity index (χ3v) is 3.03. The van der Waals surface area contributed by atoms with Crippen molar-refractivity contribution in [2.75, 3.05) is 27.2 Å². The van der Waals surface area contributed by atoms with Gasteiger partial charge in [-0.2, -0.15) is 0 Å². The molecule has 2 rings (SSSR count). The van der Waals surface area contributed by atoms with Crippen LogP contribution in [0, 0.1) is 5.82 Å². The monoisotopic (exact) mass is 238 g/mol. The first-order chi connectivity index (χ1) is 8.13. The van der Waals surface area contributed by atoms with E-state index in [2.05, 4.69) is 5.32 Å². The van der Waals surface area contributed by atoms with Crippen LogP contribution in [0.2, 0.25) is 0 Å². The van der Waals surface area contributed by atoms with Gasteiger partial charge >= 0.3 is 0 Å². The Bertz CT molecular complexity index is 433. The van der Waals surface area contributed by atoms with Crippen molar-refractivity contribution in [3.05, 3.63) is 29.6 Å². The van der Waals surface area contributed by atoms with Gasteiger partial charge in [-0.1, -0.05) is 0 Å². The minimum atomic E-state index is -0.548. The summed E-state index contributed by atoms with van der Waals surface area (Å²) in [7, 11) is 3.15. The molecule has 1 saturated heterocycles. The molecule has 1 fully saturated rings. The zero-order chi connectivity index (χ0) is 12.4. The van der Waals surface area contributed by atoms with Gasteiger partial charge < -0.3 is 15.0 Å². The minimum Gasteiger partial charge on any atom is -0.497 e. The van der Waals surface area contributed by atoms with Gasteiger partial charge in [0, 0.05) is 26.2 Å². The fourth-order valence-corrected chi connectivity index (χ4v) is 1.70. The molecule has 1 amide bonds. The molecule has 1 aliphatic rings. The van der Waals surface area contributed by atoms with Crippen LogP contribution in [-0.2, 0) is 0 Å². The summed E-state index contributed by atoms with van der Waals surface area (Å²) in [6, 6.07) is 4.42. The molecular weight excluding hydrogens is 223 g/mol. The molecule has 92 valence electrons. The normalized spacial score (nSPS) is 15.2. The maximum atomic E-state index is 13.7. The van der Waals surface area contributed by atoms with Crippen molar-refractivity contribution in [2.45, 2.75) is 6.04 Å². The summed E-state index contributed by atoms with van der Waals surface area (Å²) in [6.45, 7) is 1.53. The van der Waals surface area contributed by atoms with Crippen molar-refractivity contribution in [3.63, 3.8) is 0 Å². The van der Waals surface area contributed by atoms with Gasteiger partial charge in [0.2, 0.25) is 0 Å². The van der Waals surface area contributed by atoms with Gasteiger partial charge in [0.25, 0.3) is 5.91 Å². The fourth-order valence-electron chi connectivity index (χ4n) is 1.70. The van der Waals surface area contributed by atoms with Gasteiger partial charge in [-0.25, -0.2) is 4.39 Å². The third-order valence-electron chi connectivity index (χ3n) is 3.03. The lowest BCUT2D eigenvalue weighted by molar-refractivity contribution is 0.0676. The molecule has 4 nitrogen and oxygen atoms in total. The number of halogens is 1. The maximum absolute atomic E-state index is 13.7. The number of nitrogens with one attached hydrogen (secondary N) is 1. The largest absolute Gasteiger partial charge is 0.497 e. The number of benzene rings is 1. The van der Waals surface area contributed by atoms with E-state index in [-0.39, 0.29) is 17.5 Å². The molecule has 1 heterocycles. The Kier molecular flexibility index (Phi) is 3.28. The molecule has 0 bridgehead atoms. The molecule has 0 spiro atoms. The summed E-state index contributed by atoms with van der Waals surface area (Å²) in [5.41, 5.74) is 0.0835. The lowest BCUT2D eigenvalue weighted by Crippen LogP contribution is -2.57. The standard InChI is InChI=1S/C12H15FN2O2/c1-15(8-6-14-7-8)12(16)10-4-3-9(17-2)5-11(10)13/h3-5,8,14H,6-7H2,1-2H3. The summed E-state index contributed by atoms with van der Waals surface area (Å²) in [5.74, 6) is -0.433. The maximum Gasteiger partial charge on any atom is 0.256 e. The van der Waals surface area contributed by atoms with Crippen molar-refractivity contribution in [1.29, 1.82) is 0 Å². The first-order valence-corrected chi connectivity index (χ1v) is 5.45. The molecule has 0 unspecified atom stereocenters. The van der Waals surface area contributed by atoms with Gasteiger partial charge in [-0.05, 0) is 12.1 Å². The van der Waals surface area contributed by atoms with Crippen molar-refractivity contribution in [2.24, 2.45) is 0 Å². The molecule has 17 heavy (non-hydrogen) atoms. The summed E-state index contributed by atoms with van der Waals surface area (Å²) in [5, 5.41) is 3.07. The number of amides is 1. The number of hydrogen-bond donors (Lipinski definition) is 1. The van der Waals surface area contributed by atoms with Crippen molar-refractivity contribution in [1.82, 2.24) is 10.2 Å². The molecule has 5 heteroatoms. The second kappa shape index (κ2) is 4.71. The van der Waals surface area contributed by atoms with Crippen LogP contribution in [-0.4, -0.2) is 44.1 Å². The number of likely N-dealkylation sites (N-methyl/N-ethyl adjacent to an activating group) is 1. The smallest absolute Gasteiger partial charge is 0.256 e. The molecule has 0 radical (unpaired) electrons. The van der Waals surface area contributed by atoms with Gasteiger partial charge in [0.15, 0.2) is 0 Å². The minimum absolute atomic E-state index is 0.0835. The van der Waals surface area contributed by atoms with Gasteiger partial charge in [0.1, 0.15) is 11.6 Å². The number of nitrogens with zero attached hydrogens (tertiary/aromatic N) is 1. The van der Waals surface area contributed by atoms with E-state index >= 15 is 0 Å². The Labute approximate surface area is 99.4 Å². The molecule has 0 aromatic heterocycles. The Morgan fingerprint density at radius 2 is 2.24 bits per heavy atom. The topological polar surface area (TPSA) is 41.6 Å². The van der Waals surface area contributed by atoms with Gasteiger partial charge in [0.05, 0.1) is 18.7 Å². The van der Waals surface area contributed by atoms with E-state index < -0.39 is 5.82 Å². The lowest BCUT2D eigenvalue weighted by Gasteiger charge is -2.35. The summed E-state index contributed by atoms with van der Waals surface area (Å²) < 4.78 is 18.6. The zero-order valence-corrected chi connectivity index (χ0v) is 9.87. The Morgan fingerprint density at radius 1 is 1.53 bits per heavy atom. The first kappa shape index (κ1) is 11.9. The molecule has 0 atom stereocenters. The number of rotatable bonds is 3. The number of carbonyl (C=O) groups excluding carboxylic acids is 1. The van der Waals surface area contributed by atoms with Crippen LogP contribution in [0.15, 0.2) is 18.2 Å². The van der Waals surface area contributed by atoms with E-state index in [9.17, 15) is 9.18 Å². The highest BCUT2D eigenvalue weighted by Gasteiger charge is 2.27. The number of hydrogen-bond acceptors (Lipinski definition) is 3. The summed E-state index contributed by atoms with van der Waals surface area (Å²) in [4.78, 5) is 13.6. The highest BCUT2D eigenvalue weighted by atomic mass is 19.1. The third kappa shape index (κ3) is 2.24. The Morgan fingerprint density at radius 3 is 2.71 bits per heavy atom. The zero-order valence-electron chi connectivity index (χ0n) is 9.87. The van der Waals surface area contributed by atoms with Crippen molar-refractivity contribution >= 4 is 5.91 Å². The molecule has 1 aliphatic heterocycles. The van der Waals surface area contributed by atoms with E-state index in [0.717, 1.165) is 13.1 Å². The van der Waals surface area contributed by atoms with E-state index in [1.165, 1.54) is 19.2 Å². The van der Waals surface area contributed by atoms with Crippen LogP contribution in [0.3, 0.4) is 0 Å². The Hall–Kier alpha value is -1.62. The average Bonchev–Trinajstić information content (AvgIpc) is 2.25. The first-order valence-electron chi connectivity index (χ1n) is 5.45. The van der Waals surface area contributed by atoms with Gasteiger partial charge in [-0.15, -0.1) is 0 Å². The molecule has 1 aromatic rings. The fraction of sp³-hybridized carbons (Fsp3) is 0.417. The van der Waals surface area contributed by atoms with E-state index in [1.54, 1.807) is 18.0 Å². The van der Waals surface area contributed by atoms with Crippen LogP contribution in [0.4, 0.5) is 4.39 Å². The SMILES string of the molecule is COc1ccc(C(=O)N(C)C2CNC2)c(F)c1. The highest BCUT2D eigenvalue weighted by Crippen LogP contribution is 2.18. The molecular formula is C12H15FN2O2. The molecule has 1 aromatic carbocycles. The number of methoxy groups -OCH3 is 1. The van der Waals surface area contributed by atoms with Crippen molar-refractivity contribution < 1.29 is 13.9 Å².